The van der Waals surface area contributed by atoms with Gasteiger partial charge in [-0.1, -0.05) is 13.8 Å². The fraction of sp³-hybridized carbons (Fsp3) is 0.625. The smallest absolute Gasteiger partial charge is 0.287 e. The molecule has 1 aliphatic rings. The average molecular weight is 292 g/mol. The predicted octanol–water partition coefficient (Wildman–Crippen LogP) is 2.21. The second-order valence-corrected chi connectivity index (χ2v) is 6.17. The van der Waals surface area contributed by atoms with Gasteiger partial charge >= 0.3 is 0 Å². The molecule has 0 aromatic carbocycles. The standard InChI is InChI=1S/C16H24N2O3/c1-9(2)7-11(8-17)18-16(20)15-10(3)14-12(19)5-4-6-13(14)21-15/h9,11H,4-8,17H2,1-3H3,(H,18,20). The van der Waals surface area contributed by atoms with Gasteiger partial charge in [-0.3, -0.25) is 9.59 Å². The van der Waals surface area contributed by atoms with Crippen LogP contribution in [0.4, 0.5) is 0 Å². The molecule has 116 valence electrons. The summed E-state index contributed by atoms with van der Waals surface area (Å²) in [6.45, 7) is 6.34. The van der Waals surface area contributed by atoms with Crippen LogP contribution in [-0.2, 0) is 6.42 Å². The van der Waals surface area contributed by atoms with Gasteiger partial charge in [0.25, 0.3) is 5.91 Å². The Morgan fingerprint density at radius 2 is 2.10 bits per heavy atom. The van der Waals surface area contributed by atoms with Gasteiger partial charge in [-0.25, -0.2) is 0 Å². The number of fused-ring (bicyclic) bond motifs is 1. The van der Waals surface area contributed by atoms with Crippen LogP contribution in [0.1, 0.15) is 65.3 Å². The van der Waals surface area contributed by atoms with Gasteiger partial charge in [0.05, 0.1) is 5.56 Å². The number of carbonyl (C=O) groups is 2. The molecule has 1 aliphatic carbocycles. The van der Waals surface area contributed by atoms with Gasteiger partial charge in [-0.2, -0.15) is 0 Å². The number of carbonyl (C=O) groups excluding carboxylic acids is 2. The highest BCUT2D eigenvalue weighted by molar-refractivity contribution is 6.03. The second kappa shape index (κ2) is 6.43. The summed E-state index contributed by atoms with van der Waals surface area (Å²) in [5.74, 6) is 1.17. The summed E-state index contributed by atoms with van der Waals surface area (Å²) in [6.07, 6.45) is 2.87. The van der Waals surface area contributed by atoms with Crippen molar-refractivity contribution >= 4 is 11.7 Å². The fourth-order valence-corrected chi connectivity index (χ4v) is 2.90. The highest BCUT2D eigenvalue weighted by atomic mass is 16.4. The summed E-state index contributed by atoms with van der Waals surface area (Å²) >= 11 is 0. The molecule has 21 heavy (non-hydrogen) atoms. The zero-order valence-electron chi connectivity index (χ0n) is 13.0. The molecule has 5 heteroatoms. The first-order valence-corrected chi connectivity index (χ1v) is 7.60. The van der Waals surface area contributed by atoms with Gasteiger partial charge in [-0.05, 0) is 25.7 Å². The molecule has 1 heterocycles. The lowest BCUT2D eigenvalue weighted by atomic mass is 9.94. The van der Waals surface area contributed by atoms with Gasteiger partial charge in [0.1, 0.15) is 5.76 Å². The van der Waals surface area contributed by atoms with E-state index in [-0.39, 0.29) is 23.5 Å². The molecule has 0 radical (unpaired) electrons. The van der Waals surface area contributed by atoms with E-state index in [2.05, 4.69) is 19.2 Å². The zero-order valence-corrected chi connectivity index (χ0v) is 13.0. The normalized spacial score (nSPS) is 16.0. The number of hydrogen-bond donors (Lipinski definition) is 2. The van der Waals surface area contributed by atoms with Gasteiger partial charge in [0, 0.05) is 31.0 Å². The molecule has 1 amide bonds. The predicted molar refractivity (Wildman–Crippen MR) is 80.5 cm³/mol. The van der Waals surface area contributed by atoms with Crippen LogP contribution in [-0.4, -0.2) is 24.3 Å². The van der Waals surface area contributed by atoms with Crippen LogP contribution >= 0.6 is 0 Å². The lowest BCUT2D eigenvalue weighted by molar-refractivity contribution is 0.0900. The summed E-state index contributed by atoms with van der Waals surface area (Å²) in [7, 11) is 0. The number of rotatable bonds is 5. The molecule has 1 aromatic rings. The van der Waals surface area contributed by atoms with Crippen molar-refractivity contribution in [2.45, 2.75) is 52.5 Å². The average Bonchev–Trinajstić information content (AvgIpc) is 2.76. The summed E-state index contributed by atoms with van der Waals surface area (Å²) in [6, 6.07) is -0.0743. The molecular formula is C16H24N2O3. The Morgan fingerprint density at radius 3 is 2.67 bits per heavy atom. The molecule has 0 saturated carbocycles. The van der Waals surface area contributed by atoms with Crippen molar-refractivity contribution in [3.63, 3.8) is 0 Å². The number of ketones is 1. The van der Waals surface area contributed by atoms with Crippen LogP contribution in [0.25, 0.3) is 0 Å². The quantitative estimate of drug-likeness (QED) is 0.871. The number of aryl methyl sites for hydroxylation is 1. The highest BCUT2D eigenvalue weighted by Crippen LogP contribution is 2.29. The Balaban J connectivity index is 2.18. The van der Waals surface area contributed by atoms with Gasteiger partial charge in [-0.15, -0.1) is 0 Å². The molecule has 0 saturated heterocycles. The monoisotopic (exact) mass is 292 g/mol. The number of nitrogens with two attached hydrogens (primary N) is 1. The minimum absolute atomic E-state index is 0.0743. The first kappa shape index (κ1) is 15.8. The van der Waals surface area contributed by atoms with Crippen LogP contribution in [0.5, 0.6) is 0 Å². The summed E-state index contributed by atoms with van der Waals surface area (Å²) in [5, 5.41) is 2.91. The first-order valence-electron chi connectivity index (χ1n) is 7.60. The molecule has 1 unspecified atom stereocenters. The van der Waals surface area contributed by atoms with Crippen molar-refractivity contribution in [1.29, 1.82) is 0 Å². The molecule has 5 nitrogen and oxygen atoms in total. The summed E-state index contributed by atoms with van der Waals surface area (Å²) in [5.41, 5.74) is 6.98. The first-order chi connectivity index (χ1) is 9.93. The minimum Gasteiger partial charge on any atom is -0.455 e. The highest BCUT2D eigenvalue weighted by Gasteiger charge is 2.29. The summed E-state index contributed by atoms with van der Waals surface area (Å²) in [4.78, 5) is 24.3. The maximum atomic E-state index is 12.4. The van der Waals surface area contributed by atoms with E-state index in [1.54, 1.807) is 6.92 Å². The Labute approximate surface area is 125 Å². The second-order valence-electron chi connectivity index (χ2n) is 6.17. The third-order valence-corrected chi connectivity index (χ3v) is 3.89. The van der Waals surface area contributed by atoms with Crippen LogP contribution in [0.15, 0.2) is 4.42 Å². The maximum Gasteiger partial charge on any atom is 0.287 e. The molecule has 1 atom stereocenters. The molecule has 0 fully saturated rings. The lowest BCUT2D eigenvalue weighted by Gasteiger charge is -2.18. The van der Waals surface area contributed by atoms with Crippen LogP contribution in [0.2, 0.25) is 0 Å². The number of Topliss-reactive ketones (excluding diaryl/α,β-unsaturated/α-hetero) is 1. The van der Waals surface area contributed by atoms with E-state index in [4.69, 9.17) is 10.2 Å². The minimum atomic E-state index is -0.272. The Bertz CT molecular complexity index is 546. The van der Waals surface area contributed by atoms with E-state index in [0.29, 0.717) is 35.8 Å². The molecule has 0 bridgehead atoms. The number of furan rings is 1. The third-order valence-electron chi connectivity index (χ3n) is 3.89. The topological polar surface area (TPSA) is 85.3 Å². The Kier molecular flexibility index (Phi) is 4.83. The van der Waals surface area contributed by atoms with Gasteiger partial charge < -0.3 is 15.5 Å². The van der Waals surface area contributed by atoms with Crippen LogP contribution < -0.4 is 11.1 Å². The van der Waals surface area contributed by atoms with Crippen molar-refractivity contribution < 1.29 is 14.0 Å². The van der Waals surface area contributed by atoms with E-state index < -0.39 is 0 Å². The van der Waals surface area contributed by atoms with Crippen LogP contribution in [0, 0.1) is 12.8 Å². The number of amides is 1. The van der Waals surface area contributed by atoms with Crippen molar-refractivity contribution in [3.8, 4) is 0 Å². The summed E-state index contributed by atoms with van der Waals surface area (Å²) < 4.78 is 5.65. The van der Waals surface area contributed by atoms with Crippen molar-refractivity contribution in [1.82, 2.24) is 5.32 Å². The zero-order chi connectivity index (χ0) is 15.6. The molecule has 3 N–H and O–H groups in total. The third kappa shape index (κ3) is 3.35. The SMILES string of the molecule is Cc1c(C(=O)NC(CN)CC(C)C)oc2c1C(=O)CCC2. The lowest BCUT2D eigenvalue weighted by Crippen LogP contribution is -2.41. The van der Waals surface area contributed by atoms with E-state index >= 15 is 0 Å². The fourth-order valence-electron chi connectivity index (χ4n) is 2.90. The Morgan fingerprint density at radius 1 is 1.38 bits per heavy atom. The molecular weight excluding hydrogens is 268 g/mol. The van der Waals surface area contributed by atoms with E-state index in [0.717, 1.165) is 19.3 Å². The van der Waals surface area contributed by atoms with E-state index in [1.807, 2.05) is 0 Å². The van der Waals surface area contributed by atoms with Crippen molar-refractivity contribution in [3.05, 3.63) is 22.6 Å². The Hall–Kier alpha value is -1.62. The molecule has 0 spiro atoms. The molecule has 0 aliphatic heterocycles. The molecule has 2 rings (SSSR count). The maximum absolute atomic E-state index is 12.4. The van der Waals surface area contributed by atoms with Gasteiger partial charge in [0.2, 0.25) is 0 Å². The largest absolute Gasteiger partial charge is 0.455 e. The number of hydrogen-bond acceptors (Lipinski definition) is 4. The van der Waals surface area contributed by atoms with Crippen molar-refractivity contribution in [2.75, 3.05) is 6.54 Å². The van der Waals surface area contributed by atoms with E-state index in [1.165, 1.54) is 0 Å². The van der Waals surface area contributed by atoms with Gasteiger partial charge in [0.15, 0.2) is 11.5 Å². The molecule has 1 aromatic heterocycles. The number of nitrogens with one attached hydrogen (secondary N) is 1. The van der Waals surface area contributed by atoms with E-state index in [9.17, 15) is 9.59 Å². The van der Waals surface area contributed by atoms with Crippen molar-refractivity contribution in [2.24, 2.45) is 11.7 Å². The van der Waals surface area contributed by atoms with Crippen LogP contribution in [0.3, 0.4) is 0 Å².